The molecule has 1 aromatic rings. The number of hydrogen-bond acceptors (Lipinski definition) is 3. The van der Waals surface area contributed by atoms with Crippen molar-refractivity contribution in [3.63, 3.8) is 0 Å². The van der Waals surface area contributed by atoms with Gasteiger partial charge in [0, 0.05) is 30.9 Å². The van der Waals surface area contributed by atoms with E-state index < -0.39 is 6.10 Å². The molecule has 1 saturated heterocycles. The van der Waals surface area contributed by atoms with Gasteiger partial charge in [0.05, 0.1) is 6.10 Å². The summed E-state index contributed by atoms with van der Waals surface area (Å²) in [6.07, 6.45) is 0.286. The SMILES string of the molecule is C[C@H](O)c1c(F)cccc1N1CCCN(C)CC1. The van der Waals surface area contributed by atoms with E-state index in [-0.39, 0.29) is 5.82 Å². The lowest BCUT2D eigenvalue weighted by Crippen LogP contribution is -2.29. The highest BCUT2D eigenvalue weighted by atomic mass is 19.1. The first-order valence-electron chi connectivity index (χ1n) is 6.49. The molecule has 0 amide bonds. The summed E-state index contributed by atoms with van der Waals surface area (Å²) in [7, 11) is 2.10. The molecule has 4 heteroatoms. The van der Waals surface area contributed by atoms with E-state index in [0.717, 1.165) is 38.3 Å². The second-order valence-electron chi connectivity index (χ2n) is 4.99. The Morgan fingerprint density at radius 2 is 2.00 bits per heavy atom. The molecule has 0 aromatic heterocycles. The van der Waals surface area contributed by atoms with Crippen LogP contribution in [0, 0.1) is 5.82 Å². The Morgan fingerprint density at radius 3 is 2.72 bits per heavy atom. The smallest absolute Gasteiger partial charge is 0.131 e. The van der Waals surface area contributed by atoms with Crippen LogP contribution in [0.4, 0.5) is 10.1 Å². The minimum absolute atomic E-state index is 0.319. The van der Waals surface area contributed by atoms with E-state index >= 15 is 0 Å². The average molecular weight is 252 g/mol. The van der Waals surface area contributed by atoms with E-state index in [2.05, 4.69) is 16.8 Å². The van der Waals surface area contributed by atoms with Crippen LogP contribution in [0.1, 0.15) is 25.0 Å². The molecule has 1 atom stereocenters. The third kappa shape index (κ3) is 2.82. The molecule has 1 aromatic carbocycles. The van der Waals surface area contributed by atoms with Gasteiger partial charge in [0.2, 0.25) is 0 Å². The molecule has 1 aliphatic rings. The van der Waals surface area contributed by atoms with Crippen molar-refractivity contribution in [2.45, 2.75) is 19.4 Å². The fourth-order valence-corrected chi connectivity index (χ4v) is 2.50. The number of benzene rings is 1. The van der Waals surface area contributed by atoms with E-state index in [1.165, 1.54) is 6.07 Å². The lowest BCUT2D eigenvalue weighted by atomic mass is 10.1. The third-order valence-electron chi connectivity index (χ3n) is 3.51. The lowest BCUT2D eigenvalue weighted by molar-refractivity contribution is 0.194. The maximum atomic E-state index is 13.8. The molecule has 1 heterocycles. The van der Waals surface area contributed by atoms with Gasteiger partial charge in [-0.25, -0.2) is 4.39 Å². The molecule has 0 aliphatic carbocycles. The summed E-state index contributed by atoms with van der Waals surface area (Å²) in [5, 5.41) is 9.76. The quantitative estimate of drug-likeness (QED) is 0.872. The summed E-state index contributed by atoms with van der Waals surface area (Å²) in [6.45, 7) is 5.44. The molecule has 3 nitrogen and oxygen atoms in total. The van der Waals surface area contributed by atoms with Gasteiger partial charge in [0.15, 0.2) is 0 Å². The topological polar surface area (TPSA) is 26.7 Å². The maximum absolute atomic E-state index is 13.8. The van der Waals surface area contributed by atoms with Gasteiger partial charge in [0.25, 0.3) is 0 Å². The molecule has 100 valence electrons. The third-order valence-corrected chi connectivity index (χ3v) is 3.51. The van der Waals surface area contributed by atoms with Crippen LogP contribution in [-0.2, 0) is 0 Å². The molecule has 1 N–H and O–H groups in total. The van der Waals surface area contributed by atoms with Crippen molar-refractivity contribution in [2.75, 3.05) is 38.1 Å². The number of likely N-dealkylation sites (N-methyl/N-ethyl adjacent to an activating group) is 1. The number of anilines is 1. The first-order chi connectivity index (χ1) is 8.59. The minimum Gasteiger partial charge on any atom is -0.389 e. The number of nitrogens with zero attached hydrogens (tertiary/aromatic N) is 2. The van der Waals surface area contributed by atoms with Crippen molar-refractivity contribution in [1.29, 1.82) is 0 Å². The first kappa shape index (κ1) is 13.3. The van der Waals surface area contributed by atoms with Crippen LogP contribution >= 0.6 is 0 Å². The first-order valence-corrected chi connectivity index (χ1v) is 6.49. The van der Waals surface area contributed by atoms with Gasteiger partial charge in [-0.2, -0.15) is 0 Å². The Morgan fingerprint density at radius 1 is 1.22 bits per heavy atom. The minimum atomic E-state index is -0.776. The number of aliphatic hydroxyl groups is 1. The molecule has 0 spiro atoms. The Balaban J connectivity index is 2.29. The van der Waals surface area contributed by atoms with Crippen molar-refractivity contribution >= 4 is 5.69 Å². The van der Waals surface area contributed by atoms with Crippen LogP contribution in [0.5, 0.6) is 0 Å². The van der Waals surface area contributed by atoms with Crippen molar-refractivity contribution in [2.24, 2.45) is 0 Å². The van der Waals surface area contributed by atoms with Crippen LogP contribution < -0.4 is 4.90 Å². The van der Waals surface area contributed by atoms with Gasteiger partial charge in [0.1, 0.15) is 5.82 Å². The van der Waals surface area contributed by atoms with Gasteiger partial charge in [-0.1, -0.05) is 6.07 Å². The largest absolute Gasteiger partial charge is 0.389 e. The van der Waals surface area contributed by atoms with E-state index in [1.54, 1.807) is 13.0 Å². The molecule has 1 aliphatic heterocycles. The van der Waals surface area contributed by atoms with Crippen molar-refractivity contribution in [1.82, 2.24) is 4.90 Å². The zero-order valence-corrected chi connectivity index (χ0v) is 11.1. The highest BCUT2D eigenvalue weighted by Crippen LogP contribution is 2.29. The van der Waals surface area contributed by atoms with Crippen LogP contribution in [0.15, 0.2) is 18.2 Å². The molecular weight excluding hydrogens is 231 g/mol. The Hall–Kier alpha value is -1.13. The van der Waals surface area contributed by atoms with Crippen molar-refractivity contribution < 1.29 is 9.50 Å². The average Bonchev–Trinajstić information content (AvgIpc) is 2.53. The van der Waals surface area contributed by atoms with Gasteiger partial charge in [-0.3, -0.25) is 0 Å². The summed E-state index contributed by atoms with van der Waals surface area (Å²) >= 11 is 0. The van der Waals surface area contributed by atoms with Crippen LogP contribution in [0.2, 0.25) is 0 Å². The predicted octanol–water partition coefficient (Wildman–Crippen LogP) is 2.02. The molecule has 1 fully saturated rings. The fourth-order valence-electron chi connectivity index (χ4n) is 2.50. The molecule has 0 bridgehead atoms. The summed E-state index contributed by atoms with van der Waals surface area (Å²) in [5.41, 5.74) is 1.25. The van der Waals surface area contributed by atoms with Crippen LogP contribution in [-0.4, -0.2) is 43.2 Å². The van der Waals surface area contributed by atoms with Gasteiger partial charge >= 0.3 is 0 Å². The van der Waals surface area contributed by atoms with E-state index in [4.69, 9.17) is 0 Å². The maximum Gasteiger partial charge on any atom is 0.131 e. The highest BCUT2D eigenvalue weighted by Gasteiger charge is 2.20. The Kier molecular flexibility index (Phi) is 4.19. The van der Waals surface area contributed by atoms with E-state index in [1.807, 2.05) is 6.07 Å². The zero-order valence-electron chi connectivity index (χ0n) is 11.1. The highest BCUT2D eigenvalue weighted by molar-refractivity contribution is 5.55. The number of hydrogen-bond donors (Lipinski definition) is 1. The van der Waals surface area contributed by atoms with Gasteiger partial charge in [-0.15, -0.1) is 0 Å². The molecule has 18 heavy (non-hydrogen) atoms. The predicted molar refractivity (Wildman–Crippen MR) is 71.4 cm³/mol. The van der Waals surface area contributed by atoms with Crippen molar-refractivity contribution in [3.05, 3.63) is 29.6 Å². The molecule has 0 unspecified atom stereocenters. The number of aliphatic hydroxyl groups excluding tert-OH is 1. The second-order valence-corrected chi connectivity index (χ2v) is 4.99. The van der Waals surface area contributed by atoms with E-state index in [9.17, 15) is 9.50 Å². The number of halogens is 1. The molecule has 0 radical (unpaired) electrons. The molecule has 2 rings (SSSR count). The fraction of sp³-hybridized carbons (Fsp3) is 0.571. The second kappa shape index (κ2) is 5.67. The monoisotopic (exact) mass is 252 g/mol. The molecular formula is C14H21FN2O. The zero-order chi connectivity index (χ0) is 13.1. The summed E-state index contributed by atoms with van der Waals surface area (Å²) in [5.74, 6) is -0.319. The Bertz CT molecular complexity index is 409. The van der Waals surface area contributed by atoms with Gasteiger partial charge in [-0.05, 0) is 39.1 Å². The van der Waals surface area contributed by atoms with Crippen molar-refractivity contribution in [3.8, 4) is 0 Å². The van der Waals surface area contributed by atoms with Gasteiger partial charge < -0.3 is 14.9 Å². The normalized spacial score (nSPS) is 19.7. The van der Waals surface area contributed by atoms with Crippen LogP contribution in [0.3, 0.4) is 0 Å². The Labute approximate surface area is 108 Å². The standard InChI is InChI=1S/C14H21FN2O/c1-11(18)14-12(15)5-3-6-13(14)17-8-4-7-16(2)9-10-17/h3,5-6,11,18H,4,7-10H2,1-2H3/t11-/m0/s1. The lowest BCUT2D eigenvalue weighted by Gasteiger charge is -2.26. The number of rotatable bonds is 2. The summed E-state index contributed by atoms with van der Waals surface area (Å²) in [4.78, 5) is 4.45. The van der Waals surface area contributed by atoms with Crippen LogP contribution in [0.25, 0.3) is 0 Å². The summed E-state index contributed by atoms with van der Waals surface area (Å²) in [6, 6.07) is 5.02. The molecule has 0 saturated carbocycles. The van der Waals surface area contributed by atoms with E-state index in [0.29, 0.717) is 5.56 Å². The summed E-state index contributed by atoms with van der Waals surface area (Å²) < 4.78 is 13.8.